The van der Waals surface area contributed by atoms with Crippen molar-refractivity contribution in [2.24, 2.45) is 0 Å². The molecule has 1 saturated carbocycles. The molecule has 0 spiro atoms. The van der Waals surface area contributed by atoms with Crippen LogP contribution in [0.15, 0.2) is 53.5 Å². The van der Waals surface area contributed by atoms with Crippen LogP contribution in [0, 0.1) is 11.3 Å². The van der Waals surface area contributed by atoms with Crippen molar-refractivity contribution in [2.45, 2.75) is 18.3 Å². The van der Waals surface area contributed by atoms with Crippen molar-refractivity contribution in [1.29, 1.82) is 5.26 Å². The van der Waals surface area contributed by atoms with E-state index in [1.54, 1.807) is 18.2 Å². The largest absolute Gasteiger partial charge is 0.293 e. The lowest BCUT2D eigenvalue weighted by Gasteiger charge is -2.14. The fourth-order valence-corrected chi connectivity index (χ4v) is 3.15. The first kappa shape index (κ1) is 14.7. The summed E-state index contributed by atoms with van der Waals surface area (Å²) in [6.07, 6.45) is 3.47. The number of hydrogen-bond acceptors (Lipinski definition) is 3. The summed E-state index contributed by atoms with van der Waals surface area (Å²) in [5, 5.41) is 12.9. The summed E-state index contributed by atoms with van der Waals surface area (Å²) in [4.78, 5) is 16.6. The van der Waals surface area contributed by atoms with Gasteiger partial charge in [0.15, 0.2) is 5.82 Å². The summed E-state index contributed by atoms with van der Waals surface area (Å²) in [6.45, 7) is 0. The molecule has 2 heterocycles. The highest BCUT2D eigenvalue weighted by molar-refractivity contribution is 6.30. The minimum Gasteiger partial charge on any atom is -0.293 e. The van der Waals surface area contributed by atoms with Crippen molar-refractivity contribution in [1.82, 2.24) is 14.8 Å². The average molecular weight is 337 g/mol. The highest BCUT2D eigenvalue weighted by Crippen LogP contribution is 2.52. The Balaban J connectivity index is 1.78. The van der Waals surface area contributed by atoms with Crippen LogP contribution in [-0.4, -0.2) is 14.8 Å². The number of nitrogens with one attached hydrogen (secondary N) is 1. The molecule has 0 amide bonds. The Labute approximate surface area is 143 Å². The zero-order valence-electron chi connectivity index (χ0n) is 12.7. The van der Waals surface area contributed by atoms with Gasteiger partial charge in [-0.3, -0.25) is 9.89 Å². The van der Waals surface area contributed by atoms with E-state index in [2.05, 4.69) is 16.2 Å². The Kier molecular flexibility index (Phi) is 3.29. The SMILES string of the molecule is N#Cc1ccnc(-n2[nH]c(C3(c4ccc(Cl)cc4)CC3)cc2=O)c1. The third-order valence-corrected chi connectivity index (χ3v) is 4.74. The van der Waals surface area contributed by atoms with Crippen LogP contribution in [-0.2, 0) is 5.41 Å². The lowest BCUT2D eigenvalue weighted by Crippen LogP contribution is -2.15. The minimum atomic E-state index is -0.187. The normalized spacial score (nSPS) is 15.0. The number of benzene rings is 1. The van der Waals surface area contributed by atoms with E-state index in [0.717, 1.165) is 24.1 Å². The fourth-order valence-electron chi connectivity index (χ4n) is 3.03. The lowest BCUT2D eigenvalue weighted by atomic mass is 9.93. The van der Waals surface area contributed by atoms with Crippen molar-refractivity contribution in [3.05, 3.63) is 80.9 Å². The van der Waals surface area contributed by atoms with Gasteiger partial charge in [-0.2, -0.15) is 5.26 Å². The summed E-state index contributed by atoms with van der Waals surface area (Å²) >= 11 is 5.97. The molecular formula is C18H13ClN4O. The summed E-state index contributed by atoms with van der Waals surface area (Å²) in [6, 6.07) is 14.6. The average Bonchev–Trinajstić information content (AvgIpc) is 3.32. The lowest BCUT2D eigenvalue weighted by molar-refractivity contribution is 0.737. The summed E-state index contributed by atoms with van der Waals surface area (Å²) in [5.74, 6) is 0.414. The second-order valence-electron chi connectivity index (χ2n) is 5.95. The van der Waals surface area contributed by atoms with Crippen molar-refractivity contribution in [3.8, 4) is 11.9 Å². The van der Waals surface area contributed by atoms with Crippen LogP contribution in [0.4, 0.5) is 0 Å². The number of hydrogen-bond donors (Lipinski definition) is 1. The Morgan fingerprint density at radius 3 is 2.62 bits per heavy atom. The molecule has 6 heteroatoms. The highest BCUT2D eigenvalue weighted by atomic mass is 35.5. The third kappa shape index (κ3) is 2.32. The van der Waals surface area contributed by atoms with Gasteiger partial charge in [0, 0.05) is 34.5 Å². The summed E-state index contributed by atoms with van der Waals surface area (Å²) in [7, 11) is 0. The van der Waals surface area contributed by atoms with Crippen LogP contribution in [0.5, 0.6) is 0 Å². The maximum Gasteiger partial charge on any atom is 0.272 e. The summed E-state index contributed by atoms with van der Waals surface area (Å²) < 4.78 is 1.38. The van der Waals surface area contributed by atoms with Gasteiger partial charge in [-0.15, -0.1) is 0 Å². The van der Waals surface area contributed by atoms with E-state index < -0.39 is 0 Å². The van der Waals surface area contributed by atoms with Crippen LogP contribution >= 0.6 is 11.6 Å². The number of H-pyrrole nitrogens is 1. The van der Waals surface area contributed by atoms with Crippen LogP contribution in [0.2, 0.25) is 5.02 Å². The predicted octanol–water partition coefficient (Wildman–Crippen LogP) is 3.17. The Hall–Kier alpha value is -2.84. The van der Waals surface area contributed by atoms with Gasteiger partial charge in [-0.05, 0) is 36.6 Å². The van der Waals surface area contributed by atoms with Gasteiger partial charge in [0.05, 0.1) is 11.6 Å². The summed E-state index contributed by atoms with van der Waals surface area (Å²) in [5.41, 5.74) is 2.11. The topological polar surface area (TPSA) is 74.5 Å². The van der Waals surface area contributed by atoms with E-state index in [-0.39, 0.29) is 11.0 Å². The molecule has 24 heavy (non-hydrogen) atoms. The van der Waals surface area contributed by atoms with Gasteiger partial charge < -0.3 is 0 Å². The molecule has 1 N–H and O–H groups in total. The van der Waals surface area contributed by atoms with Crippen molar-refractivity contribution < 1.29 is 0 Å². The quantitative estimate of drug-likeness (QED) is 0.798. The van der Waals surface area contributed by atoms with Gasteiger partial charge in [0.1, 0.15) is 0 Å². The molecule has 1 aromatic carbocycles. The van der Waals surface area contributed by atoms with E-state index in [4.69, 9.17) is 16.9 Å². The molecule has 4 rings (SSSR count). The van der Waals surface area contributed by atoms with E-state index in [9.17, 15) is 4.79 Å². The van der Waals surface area contributed by atoms with Gasteiger partial charge in [0.25, 0.3) is 5.56 Å². The van der Waals surface area contributed by atoms with E-state index >= 15 is 0 Å². The molecule has 5 nitrogen and oxygen atoms in total. The van der Waals surface area contributed by atoms with Crippen LogP contribution in [0.3, 0.4) is 0 Å². The smallest absolute Gasteiger partial charge is 0.272 e. The molecule has 1 fully saturated rings. The molecule has 1 aliphatic carbocycles. The van der Waals surface area contributed by atoms with Gasteiger partial charge in [-0.1, -0.05) is 23.7 Å². The fraction of sp³-hybridized carbons (Fsp3) is 0.167. The monoisotopic (exact) mass is 336 g/mol. The molecule has 0 saturated heterocycles. The highest BCUT2D eigenvalue weighted by Gasteiger charge is 2.47. The van der Waals surface area contributed by atoms with E-state index in [1.807, 2.05) is 24.3 Å². The number of aromatic amines is 1. The molecule has 2 aromatic heterocycles. The zero-order valence-corrected chi connectivity index (χ0v) is 13.4. The first-order valence-electron chi connectivity index (χ1n) is 7.57. The first-order chi connectivity index (χ1) is 11.6. The predicted molar refractivity (Wildman–Crippen MR) is 90.4 cm³/mol. The van der Waals surface area contributed by atoms with E-state index in [0.29, 0.717) is 16.4 Å². The Bertz CT molecular complexity index is 1010. The number of pyridine rings is 1. The maximum atomic E-state index is 12.4. The molecule has 0 radical (unpaired) electrons. The molecule has 0 atom stereocenters. The minimum absolute atomic E-state index is 0.165. The molecule has 0 bridgehead atoms. The number of rotatable bonds is 3. The van der Waals surface area contributed by atoms with Crippen molar-refractivity contribution in [2.75, 3.05) is 0 Å². The van der Waals surface area contributed by atoms with Crippen LogP contribution in [0.25, 0.3) is 5.82 Å². The third-order valence-electron chi connectivity index (χ3n) is 4.49. The van der Waals surface area contributed by atoms with Crippen molar-refractivity contribution in [3.63, 3.8) is 0 Å². The van der Waals surface area contributed by atoms with Gasteiger partial charge >= 0.3 is 0 Å². The van der Waals surface area contributed by atoms with Gasteiger partial charge in [-0.25, -0.2) is 9.67 Å². The molecule has 3 aromatic rings. The molecule has 1 aliphatic rings. The standard InChI is InChI=1S/C18H13ClN4O/c19-14-3-1-13(2-4-14)18(6-7-18)15-10-17(24)23(22-15)16-9-12(11-20)5-8-21-16/h1-5,8-10,22H,6-7H2. The second-order valence-corrected chi connectivity index (χ2v) is 6.38. The maximum absolute atomic E-state index is 12.4. The Morgan fingerprint density at radius 1 is 1.21 bits per heavy atom. The van der Waals surface area contributed by atoms with Crippen molar-refractivity contribution >= 4 is 11.6 Å². The van der Waals surface area contributed by atoms with Gasteiger partial charge in [0.2, 0.25) is 0 Å². The number of halogens is 1. The number of aromatic nitrogens is 3. The molecule has 0 unspecified atom stereocenters. The molecule has 0 aliphatic heterocycles. The number of nitrogens with zero attached hydrogens (tertiary/aromatic N) is 3. The number of nitriles is 1. The van der Waals surface area contributed by atoms with E-state index in [1.165, 1.54) is 10.9 Å². The second kappa shape index (κ2) is 5.36. The van der Waals surface area contributed by atoms with Crippen LogP contribution in [0.1, 0.15) is 29.7 Å². The first-order valence-corrected chi connectivity index (χ1v) is 7.95. The molecule has 118 valence electrons. The zero-order chi connectivity index (χ0) is 16.7. The van der Waals surface area contributed by atoms with Crippen LogP contribution < -0.4 is 5.56 Å². The molecular weight excluding hydrogens is 324 g/mol. The Morgan fingerprint density at radius 2 is 1.96 bits per heavy atom.